The van der Waals surface area contributed by atoms with E-state index < -0.39 is 9.84 Å². The SMILES string of the molecule is CN=C(NCCOc1ccc(S(C)(=O)=O)cc1)N1CCN(c2cccc(C)c2)CC1.I. The van der Waals surface area contributed by atoms with Crippen LogP contribution < -0.4 is 15.0 Å². The molecule has 0 amide bonds. The van der Waals surface area contributed by atoms with E-state index >= 15 is 0 Å². The van der Waals surface area contributed by atoms with Crippen LogP contribution in [0.3, 0.4) is 0 Å². The second kappa shape index (κ2) is 11.6. The lowest BCUT2D eigenvalue weighted by Crippen LogP contribution is -2.53. The van der Waals surface area contributed by atoms with Gasteiger partial charge in [0.1, 0.15) is 12.4 Å². The number of rotatable bonds is 6. The van der Waals surface area contributed by atoms with Gasteiger partial charge in [-0.1, -0.05) is 12.1 Å². The Labute approximate surface area is 202 Å². The van der Waals surface area contributed by atoms with Gasteiger partial charge in [-0.05, 0) is 48.9 Å². The summed E-state index contributed by atoms with van der Waals surface area (Å²) in [4.78, 5) is 9.35. The number of hydrogen-bond donors (Lipinski definition) is 1. The molecule has 0 saturated carbocycles. The van der Waals surface area contributed by atoms with Crippen LogP contribution in [0.4, 0.5) is 5.69 Å². The van der Waals surface area contributed by atoms with Crippen LogP contribution in [0.2, 0.25) is 0 Å². The van der Waals surface area contributed by atoms with Crippen molar-refractivity contribution in [3.05, 3.63) is 54.1 Å². The van der Waals surface area contributed by atoms with Crippen molar-refractivity contribution in [2.45, 2.75) is 11.8 Å². The lowest BCUT2D eigenvalue weighted by molar-refractivity contribution is 0.315. The summed E-state index contributed by atoms with van der Waals surface area (Å²) in [5.74, 6) is 1.51. The van der Waals surface area contributed by atoms with Crippen molar-refractivity contribution in [3.63, 3.8) is 0 Å². The third-order valence-corrected chi connectivity index (χ3v) is 6.19. The fourth-order valence-corrected chi connectivity index (χ4v) is 4.08. The van der Waals surface area contributed by atoms with Crippen LogP contribution in [0.5, 0.6) is 5.75 Å². The first-order chi connectivity index (χ1) is 14.4. The zero-order valence-corrected chi connectivity index (χ0v) is 21.4. The van der Waals surface area contributed by atoms with Gasteiger partial charge in [-0.15, -0.1) is 24.0 Å². The standard InChI is InChI=1S/C22H30N4O3S.HI/c1-18-5-4-6-19(17-18)25-12-14-26(15-13-25)22(23-2)24-11-16-29-20-7-9-21(10-8-20)30(3,27)28;/h4-10,17H,11-16H2,1-3H3,(H,23,24);1H. The van der Waals surface area contributed by atoms with Gasteiger partial charge in [0.2, 0.25) is 0 Å². The second-order valence-electron chi connectivity index (χ2n) is 7.38. The van der Waals surface area contributed by atoms with Crippen molar-refractivity contribution in [2.75, 3.05) is 57.5 Å². The molecule has 0 radical (unpaired) electrons. The highest BCUT2D eigenvalue weighted by Crippen LogP contribution is 2.18. The molecule has 0 bridgehead atoms. The Bertz CT molecular complexity index is 973. The van der Waals surface area contributed by atoms with E-state index in [4.69, 9.17) is 4.74 Å². The van der Waals surface area contributed by atoms with E-state index in [1.165, 1.54) is 17.5 Å². The summed E-state index contributed by atoms with van der Waals surface area (Å²) in [6.07, 6.45) is 1.19. The maximum atomic E-state index is 11.5. The number of guanidine groups is 1. The van der Waals surface area contributed by atoms with Crippen molar-refractivity contribution in [1.29, 1.82) is 0 Å². The van der Waals surface area contributed by atoms with Gasteiger partial charge in [-0.2, -0.15) is 0 Å². The molecule has 9 heteroatoms. The predicted octanol–water partition coefficient (Wildman–Crippen LogP) is 2.79. The van der Waals surface area contributed by atoms with Gasteiger partial charge in [0.05, 0.1) is 11.4 Å². The van der Waals surface area contributed by atoms with Gasteiger partial charge in [-0.3, -0.25) is 4.99 Å². The molecule has 1 heterocycles. The molecule has 7 nitrogen and oxygen atoms in total. The number of piperazine rings is 1. The van der Waals surface area contributed by atoms with Crippen molar-refractivity contribution in [2.24, 2.45) is 4.99 Å². The van der Waals surface area contributed by atoms with Crippen LogP contribution >= 0.6 is 24.0 Å². The number of halogens is 1. The summed E-state index contributed by atoms with van der Waals surface area (Å²) in [6, 6.07) is 15.1. The summed E-state index contributed by atoms with van der Waals surface area (Å²) in [6.45, 7) is 6.90. The molecule has 31 heavy (non-hydrogen) atoms. The van der Waals surface area contributed by atoms with Gasteiger partial charge in [0, 0.05) is 45.2 Å². The Morgan fingerprint density at radius 1 is 1.10 bits per heavy atom. The minimum absolute atomic E-state index is 0. The fraction of sp³-hybridized carbons (Fsp3) is 0.409. The second-order valence-corrected chi connectivity index (χ2v) is 9.39. The molecule has 1 aliphatic heterocycles. The summed E-state index contributed by atoms with van der Waals surface area (Å²) < 4.78 is 28.7. The van der Waals surface area contributed by atoms with E-state index in [0.29, 0.717) is 18.9 Å². The van der Waals surface area contributed by atoms with Crippen molar-refractivity contribution < 1.29 is 13.2 Å². The Balaban J connectivity index is 0.00000341. The number of sulfone groups is 1. The highest BCUT2D eigenvalue weighted by Gasteiger charge is 2.19. The Hall–Kier alpha value is -2.01. The molecule has 0 atom stereocenters. The number of aliphatic imine (C=N–C) groups is 1. The normalized spacial score (nSPS) is 14.7. The molecule has 1 N–H and O–H groups in total. The van der Waals surface area contributed by atoms with Crippen LogP contribution in [-0.4, -0.2) is 71.9 Å². The van der Waals surface area contributed by atoms with Gasteiger partial charge in [-0.25, -0.2) is 8.42 Å². The summed E-state index contributed by atoms with van der Waals surface area (Å²) in [7, 11) is -1.40. The summed E-state index contributed by atoms with van der Waals surface area (Å²) >= 11 is 0. The Kier molecular flexibility index (Phi) is 9.42. The zero-order valence-electron chi connectivity index (χ0n) is 18.2. The molecule has 170 valence electrons. The minimum Gasteiger partial charge on any atom is -0.492 e. The third-order valence-electron chi connectivity index (χ3n) is 5.06. The van der Waals surface area contributed by atoms with Crippen LogP contribution in [0.25, 0.3) is 0 Å². The maximum absolute atomic E-state index is 11.5. The average molecular weight is 558 g/mol. The van der Waals surface area contributed by atoms with E-state index in [2.05, 4.69) is 51.3 Å². The largest absolute Gasteiger partial charge is 0.492 e. The van der Waals surface area contributed by atoms with E-state index in [1.807, 2.05) is 0 Å². The highest BCUT2D eigenvalue weighted by molar-refractivity contribution is 14.0. The summed E-state index contributed by atoms with van der Waals surface area (Å²) in [5.41, 5.74) is 2.55. The fourth-order valence-electron chi connectivity index (χ4n) is 3.45. The van der Waals surface area contributed by atoms with E-state index in [9.17, 15) is 8.42 Å². The molecule has 0 aromatic heterocycles. The minimum atomic E-state index is -3.19. The number of anilines is 1. The molecule has 2 aromatic carbocycles. The molecule has 0 spiro atoms. The van der Waals surface area contributed by atoms with Crippen LogP contribution in [0, 0.1) is 6.92 Å². The molecule has 1 aliphatic rings. The Morgan fingerprint density at radius 3 is 2.35 bits per heavy atom. The quantitative estimate of drug-likeness (QED) is 0.255. The molecule has 2 aromatic rings. The molecular weight excluding hydrogens is 527 g/mol. The van der Waals surface area contributed by atoms with Crippen molar-refractivity contribution in [3.8, 4) is 5.75 Å². The number of aryl methyl sites for hydroxylation is 1. The number of ether oxygens (including phenoxy) is 1. The van der Waals surface area contributed by atoms with Gasteiger partial charge in [0.25, 0.3) is 0 Å². The van der Waals surface area contributed by atoms with Crippen LogP contribution in [0.15, 0.2) is 58.4 Å². The zero-order chi connectivity index (χ0) is 21.6. The predicted molar refractivity (Wildman–Crippen MR) is 137 cm³/mol. The van der Waals surface area contributed by atoms with E-state index in [1.54, 1.807) is 31.3 Å². The van der Waals surface area contributed by atoms with Crippen molar-refractivity contribution >= 4 is 45.5 Å². The highest BCUT2D eigenvalue weighted by atomic mass is 127. The van der Waals surface area contributed by atoms with Crippen LogP contribution in [-0.2, 0) is 9.84 Å². The molecular formula is C22H31IN4O3S. The molecule has 0 aliphatic carbocycles. The lowest BCUT2D eigenvalue weighted by Gasteiger charge is -2.37. The van der Waals surface area contributed by atoms with Gasteiger partial charge >= 0.3 is 0 Å². The first-order valence-corrected chi connectivity index (χ1v) is 12.0. The van der Waals surface area contributed by atoms with Gasteiger partial charge in [0.15, 0.2) is 15.8 Å². The third kappa shape index (κ3) is 7.27. The smallest absolute Gasteiger partial charge is 0.193 e. The van der Waals surface area contributed by atoms with E-state index in [0.717, 1.165) is 32.1 Å². The first kappa shape index (κ1) is 25.3. The Morgan fingerprint density at radius 2 is 1.77 bits per heavy atom. The van der Waals surface area contributed by atoms with E-state index in [-0.39, 0.29) is 28.9 Å². The molecule has 1 fully saturated rings. The summed E-state index contributed by atoms with van der Waals surface area (Å²) in [5, 5.41) is 3.35. The molecule has 0 unspecified atom stereocenters. The number of hydrogen-bond acceptors (Lipinski definition) is 5. The monoisotopic (exact) mass is 558 g/mol. The lowest BCUT2D eigenvalue weighted by atomic mass is 10.2. The topological polar surface area (TPSA) is 74.2 Å². The maximum Gasteiger partial charge on any atom is 0.193 e. The average Bonchev–Trinajstić information content (AvgIpc) is 2.74. The number of nitrogens with one attached hydrogen (secondary N) is 1. The van der Waals surface area contributed by atoms with Gasteiger partial charge < -0.3 is 19.9 Å². The van der Waals surface area contributed by atoms with Crippen molar-refractivity contribution in [1.82, 2.24) is 10.2 Å². The molecule has 3 rings (SSSR count). The number of benzene rings is 2. The number of nitrogens with zero attached hydrogens (tertiary/aromatic N) is 3. The molecule has 1 saturated heterocycles. The van der Waals surface area contributed by atoms with Crippen LogP contribution in [0.1, 0.15) is 5.56 Å². The first-order valence-electron chi connectivity index (χ1n) is 10.1.